The molecule has 0 aliphatic carbocycles. The molecule has 0 atom stereocenters. The predicted octanol–water partition coefficient (Wildman–Crippen LogP) is 2.68. The van der Waals surface area contributed by atoms with Crippen LogP contribution in [0.25, 0.3) is 0 Å². The average molecular weight is 244 g/mol. The average Bonchev–Trinajstić information content (AvgIpc) is 2.76. The maximum Gasteiger partial charge on any atom is 0.105 e. The second-order valence-corrected chi connectivity index (χ2v) is 4.69. The molecule has 1 heterocycles. The molecule has 0 amide bonds. The number of hydrogen-bond acceptors (Lipinski definition) is 3. The van der Waals surface area contributed by atoms with Gasteiger partial charge in [-0.3, -0.25) is 4.90 Å². The van der Waals surface area contributed by atoms with Gasteiger partial charge in [-0.2, -0.15) is 0 Å². The van der Waals surface area contributed by atoms with Gasteiger partial charge in [0, 0.05) is 25.2 Å². The van der Waals surface area contributed by atoms with E-state index in [4.69, 9.17) is 10.2 Å². The summed E-state index contributed by atoms with van der Waals surface area (Å²) in [7, 11) is 2.11. The second kappa shape index (κ2) is 5.85. The zero-order chi connectivity index (χ0) is 13.0. The Balaban J connectivity index is 1.94. The Morgan fingerprint density at radius 1 is 1.06 bits per heavy atom. The molecule has 2 N–H and O–H groups in total. The van der Waals surface area contributed by atoms with Crippen molar-refractivity contribution in [2.75, 3.05) is 7.05 Å². The molecule has 1 aromatic carbocycles. The first-order valence-electron chi connectivity index (χ1n) is 6.18. The van der Waals surface area contributed by atoms with E-state index in [-0.39, 0.29) is 0 Å². The highest BCUT2D eigenvalue weighted by molar-refractivity contribution is 5.22. The van der Waals surface area contributed by atoms with E-state index >= 15 is 0 Å². The summed E-state index contributed by atoms with van der Waals surface area (Å²) in [5, 5.41) is 0. The highest BCUT2D eigenvalue weighted by Gasteiger charge is 2.06. The molecule has 96 valence electrons. The fourth-order valence-corrected chi connectivity index (χ4v) is 2.01. The highest BCUT2D eigenvalue weighted by atomic mass is 16.3. The number of benzene rings is 1. The molecule has 18 heavy (non-hydrogen) atoms. The summed E-state index contributed by atoms with van der Waals surface area (Å²) in [6, 6.07) is 10.5. The first-order valence-corrected chi connectivity index (χ1v) is 6.18. The Hall–Kier alpha value is -1.58. The molecule has 0 saturated heterocycles. The highest BCUT2D eigenvalue weighted by Crippen LogP contribution is 2.13. The van der Waals surface area contributed by atoms with Crippen LogP contribution in [0, 0.1) is 6.92 Å². The number of rotatable bonds is 5. The van der Waals surface area contributed by atoms with Crippen LogP contribution in [0.3, 0.4) is 0 Å². The third kappa shape index (κ3) is 3.22. The summed E-state index contributed by atoms with van der Waals surface area (Å²) in [6.45, 7) is 4.43. The van der Waals surface area contributed by atoms with Crippen LogP contribution in [-0.2, 0) is 19.6 Å². The standard InChI is InChI=1S/C15H20N2O/c1-12-15(7-8-18-12)11-17(2)10-14-5-3-13(9-16)4-6-14/h3-8H,9-11,16H2,1-2H3. The Labute approximate surface area is 108 Å². The SMILES string of the molecule is Cc1occc1CN(C)Cc1ccc(CN)cc1. The van der Waals surface area contributed by atoms with Crippen molar-refractivity contribution in [1.29, 1.82) is 0 Å². The maximum absolute atomic E-state index is 5.59. The first-order chi connectivity index (χ1) is 8.69. The van der Waals surface area contributed by atoms with E-state index in [1.165, 1.54) is 16.7 Å². The van der Waals surface area contributed by atoms with Gasteiger partial charge in [0.15, 0.2) is 0 Å². The van der Waals surface area contributed by atoms with Crippen LogP contribution in [0.1, 0.15) is 22.5 Å². The van der Waals surface area contributed by atoms with Crippen molar-refractivity contribution in [2.24, 2.45) is 5.73 Å². The van der Waals surface area contributed by atoms with Crippen LogP contribution in [-0.4, -0.2) is 11.9 Å². The first kappa shape index (κ1) is 12.9. The van der Waals surface area contributed by atoms with Crippen LogP contribution in [0.15, 0.2) is 41.0 Å². The van der Waals surface area contributed by atoms with Gasteiger partial charge in [0.05, 0.1) is 6.26 Å². The van der Waals surface area contributed by atoms with Crippen LogP contribution in [0.5, 0.6) is 0 Å². The van der Waals surface area contributed by atoms with E-state index in [9.17, 15) is 0 Å². The van der Waals surface area contributed by atoms with Gasteiger partial charge < -0.3 is 10.2 Å². The Morgan fingerprint density at radius 2 is 1.72 bits per heavy atom. The molecule has 0 aliphatic heterocycles. The fourth-order valence-electron chi connectivity index (χ4n) is 2.01. The lowest BCUT2D eigenvalue weighted by Gasteiger charge is -2.16. The summed E-state index contributed by atoms with van der Waals surface area (Å²) in [6.07, 6.45) is 1.74. The smallest absolute Gasteiger partial charge is 0.105 e. The molecule has 0 unspecified atom stereocenters. The number of aryl methyl sites for hydroxylation is 1. The number of furan rings is 1. The summed E-state index contributed by atoms with van der Waals surface area (Å²) in [4.78, 5) is 2.27. The van der Waals surface area contributed by atoms with Crippen molar-refractivity contribution in [3.05, 3.63) is 59.0 Å². The maximum atomic E-state index is 5.59. The molecule has 2 aromatic rings. The topological polar surface area (TPSA) is 42.4 Å². The van der Waals surface area contributed by atoms with Gasteiger partial charge in [-0.15, -0.1) is 0 Å². The molecule has 2 rings (SSSR count). The summed E-state index contributed by atoms with van der Waals surface area (Å²) < 4.78 is 5.31. The van der Waals surface area contributed by atoms with E-state index in [1.807, 2.05) is 13.0 Å². The van der Waals surface area contributed by atoms with Crippen molar-refractivity contribution in [3.8, 4) is 0 Å². The van der Waals surface area contributed by atoms with Crippen LogP contribution in [0.4, 0.5) is 0 Å². The number of nitrogens with zero attached hydrogens (tertiary/aromatic N) is 1. The van der Waals surface area contributed by atoms with Gasteiger partial charge >= 0.3 is 0 Å². The van der Waals surface area contributed by atoms with Crippen molar-refractivity contribution < 1.29 is 4.42 Å². The number of hydrogen-bond donors (Lipinski definition) is 1. The zero-order valence-electron chi connectivity index (χ0n) is 11.0. The largest absolute Gasteiger partial charge is 0.469 e. The minimum Gasteiger partial charge on any atom is -0.469 e. The Kier molecular flexibility index (Phi) is 4.18. The molecule has 0 spiro atoms. The van der Waals surface area contributed by atoms with E-state index in [0.29, 0.717) is 6.54 Å². The van der Waals surface area contributed by atoms with E-state index < -0.39 is 0 Å². The Bertz CT molecular complexity index is 487. The van der Waals surface area contributed by atoms with Gasteiger partial charge in [-0.05, 0) is 31.2 Å². The molecular weight excluding hydrogens is 224 g/mol. The molecular formula is C15H20N2O. The zero-order valence-corrected chi connectivity index (χ0v) is 11.0. The third-order valence-electron chi connectivity index (χ3n) is 3.12. The van der Waals surface area contributed by atoms with Crippen LogP contribution in [0.2, 0.25) is 0 Å². The molecule has 0 fully saturated rings. The summed E-state index contributed by atoms with van der Waals surface area (Å²) in [5.41, 5.74) is 9.31. The molecule has 0 radical (unpaired) electrons. The van der Waals surface area contributed by atoms with Crippen molar-refractivity contribution in [1.82, 2.24) is 4.90 Å². The fraction of sp³-hybridized carbons (Fsp3) is 0.333. The quantitative estimate of drug-likeness (QED) is 0.879. The lowest BCUT2D eigenvalue weighted by molar-refractivity contribution is 0.316. The monoisotopic (exact) mass is 244 g/mol. The van der Waals surface area contributed by atoms with E-state index in [0.717, 1.165) is 18.8 Å². The normalized spacial score (nSPS) is 11.1. The minimum absolute atomic E-state index is 0.602. The van der Waals surface area contributed by atoms with Crippen molar-refractivity contribution >= 4 is 0 Å². The number of nitrogens with two attached hydrogens (primary N) is 1. The van der Waals surface area contributed by atoms with Crippen molar-refractivity contribution in [2.45, 2.75) is 26.6 Å². The van der Waals surface area contributed by atoms with Crippen LogP contribution < -0.4 is 5.73 Å². The van der Waals surface area contributed by atoms with Gasteiger partial charge in [-0.25, -0.2) is 0 Å². The van der Waals surface area contributed by atoms with E-state index in [1.54, 1.807) is 6.26 Å². The molecule has 3 heteroatoms. The molecule has 0 aliphatic rings. The van der Waals surface area contributed by atoms with Crippen LogP contribution >= 0.6 is 0 Å². The van der Waals surface area contributed by atoms with Gasteiger partial charge in [0.25, 0.3) is 0 Å². The van der Waals surface area contributed by atoms with Gasteiger partial charge in [0.2, 0.25) is 0 Å². The second-order valence-electron chi connectivity index (χ2n) is 4.69. The predicted molar refractivity (Wildman–Crippen MR) is 72.9 cm³/mol. The molecule has 0 saturated carbocycles. The minimum atomic E-state index is 0.602. The van der Waals surface area contributed by atoms with Crippen molar-refractivity contribution in [3.63, 3.8) is 0 Å². The van der Waals surface area contributed by atoms with Gasteiger partial charge in [0.1, 0.15) is 5.76 Å². The lowest BCUT2D eigenvalue weighted by atomic mass is 10.1. The molecule has 3 nitrogen and oxygen atoms in total. The van der Waals surface area contributed by atoms with Gasteiger partial charge in [-0.1, -0.05) is 24.3 Å². The lowest BCUT2D eigenvalue weighted by Crippen LogP contribution is -2.17. The molecule has 1 aromatic heterocycles. The summed E-state index contributed by atoms with van der Waals surface area (Å²) >= 11 is 0. The van der Waals surface area contributed by atoms with E-state index in [2.05, 4.69) is 36.2 Å². The molecule has 0 bridgehead atoms. The summed E-state index contributed by atoms with van der Waals surface area (Å²) in [5.74, 6) is 1.00. The third-order valence-corrected chi connectivity index (χ3v) is 3.12. The Morgan fingerprint density at radius 3 is 2.28 bits per heavy atom.